The van der Waals surface area contributed by atoms with Gasteiger partial charge >= 0.3 is 0 Å². The van der Waals surface area contributed by atoms with E-state index >= 15 is 0 Å². The van der Waals surface area contributed by atoms with E-state index < -0.39 is 34.9 Å². The molecule has 1 aliphatic heterocycles. The number of sulfonamides is 1. The van der Waals surface area contributed by atoms with Crippen molar-refractivity contribution in [2.45, 2.75) is 36.1 Å². The van der Waals surface area contributed by atoms with E-state index in [1.165, 1.54) is 18.5 Å². The standard InChI is InChI=1S/C19H22N4O5S/c24-12-18-17(23-29(26,27)16-4-2-1-3-5-16)7-6-15(28-18)10-19(25)21-11-14-8-9-20-13-22-14/h1-9,13,15,17-18,23-24H,10-12H2,(H,21,25)/t15-,17-,18-/m1/s1. The van der Waals surface area contributed by atoms with Crippen LogP contribution in [0.4, 0.5) is 0 Å². The van der Waals surface area contributed by atoms with Crippen LogP contribution in [0.2, 0.25) is 0 Å². The van der Waals surface area contributed by atoms with Crippen LogP contribution < -0.4 is 10.0 Å². The molecule has 1 aliphatic rings. The molecular weight excluding hydrogens is 396 g/mol. The van der Waals surface area contributed by atoms with Gasteiger partial charge in [-0.05, 0) is 18.2 Å². The molecule has 0 saturated carbocycles. The highest BCUT2D eigenvalue weighted by Crippen LogP contribution is 2.18. The molecule has 0 spiro atoms. The van der Waals surface area contributed by atoms with Crippen molar-refractivity contribution in [3.63, 3.8) is 0 Å². The summed E-state index contributed by atoms with van der Waals surface area (Å²) < 4.78 is 33.2. The third kappa shape index (κ3) is 5.91. The maximum Gasteiger partial charge on any atom is 0.241 e. The van der Waals surface area contributed by atoms with Gasteiger partial charge in [0.05, 0.1) is 42.3 Å². The topological polar surface area (TPSA) is 131 Å². The van der Waals surface area contributed by atoms with Crippen molar-refractivity contribution in [2.24, 2.45) is 0 Å². The Kier molecular flexibility index (Phi) is 7.04. The number of amides is 1. The molecule has 0 bridgehead atoms. The van der Waals surface area contributed by atoms with E-state index in [4.69, 9.17) is 4.74 Å². The van der Waals surface area contributed by atoms with E-state index in [2.05, 4.69) is 20.0 Å². The summed E-state index contributed by atoms with van der Waals surface area (Å²) in [5.41, 5.74) is 0.678. The van der Waals surface area contributed by atoms with E-state index in [0.717, 1.165) is 0 Å². The van der Waals surface area contributed by atoms with Crippen molar-refractivity contribution in [3.05, 3.63) is 66.8 Å². The molecule has 29 heavy (non-hydrogen) atoms. The van der Waals surface area contributed by atoms with Gasteiger partial charge in [0.1, 0.15) is 12.4 Å². The van der Waals surface area contributed by atoms with Crippen molar-refractivity contribution < 1.29 is 23.1 Å². The van der Waals surface area contributed by atoms with Crippen molar-refractivity contribution in [2.75, 3.05) is 6.61 Å². The highest BCUT2D eigenvalue weighted by atomic mass is 32.2. The molecule has 2 aromatic rings. The minimum absolute atomic E-state index is 0.0379. The Hall–Kier alpha value is -2.66. The Bertz CT molecular complexity index is 938. The van der Waals surface area contributed by atoms with Gasteiger partial charge in [-0.3, -0.25) is 4.79 Å². The lowest BCUT2D eigenvalue weighted by molar-refractivity contribution is -0.125. The molecule has 0 fully saturated rings. The summed E-state index contributed by atoms with van der Waals surface area (Å²) in [6, 6.07) is 8.89. The van der Waals surface area contributed by atoms with E-state index in [0.29, 0.717) is 5.69 Å². The Balaban J connectivity index is 1.57. The molecule has 1 aromatic carbocycles. The SMILES string of the molecule is O=C(C[C@H]1C=C[C@@H](NS(=O)(=O)c2ccccc2)[C@@H](CO)O1)NCc1ccncn1. The predicted molar refractivity (Wildman–Crippen MR) is 104 cm³/mol. The van der Waals surface area contributed by atoms with Crippen molar-refractivity contribution >= 4 is 15.9 Å². The Labute approximate surface area is 168 Å². The molecule has 0 aliphatic carbocycles. The number of hydrogen-bond donors (Lipinski definition) is 3. The predicted octanol–water partition coefficient (Wildman–Crippen LogP) is 0.146. The van der Waals surface area contributed by atoms with E-state index in [-0.39, 0.29) is 23.8 Å². The minimum atomic E-state index is -3.77. The molecule has 10 heteroatoms. The number of aromatic nitrogens is 2. The van der Waals surface area contributed by atoms with Gasteiger partial charge in [-0.25, -0.2) is 23.1 Å². The Morgan fingerprint density at radius 3 is 2.66 bits per heavy atom. The van der Waals surface area contributed by atoms with Crippen molar-refractivity contribution in [1.82, 2.24) is 20.0 Å². The molecule has 0 saturated heterocycles. The minimum Gasteiger partial charge on any atom is -0.394 e. The number of aliphatic hydroxyl groups excluding tert-OH is 1. The van der Waals surface area contributed by atoms with Crippen LogP contribution in [-0.2, 0) is 26.1 Å². The fourth-order valence-corrected chi connectivity index (χ4v) is 4.06. The summed E-state index contributed by atoms with van der Waals surface area (Å²) in [6.45, 7) is -0.133. The van der Waals surface area contributed by atoms with Crippen LogP contribution in [0.5, 0.6) is 0 Å². The zero-order chi connectivity index (χ0) is 20.7. The Morgan fingerprint density at radius 2 is 1.97 bits per heavy atom. The van der Waals surface area contributed by atoms with Crippen molar-refractivity contribution in [3.8, 4) is 0 Å². The quantitative estimate of drug-likeness (QED) is 0.520. The lowest BCUT2D eigenvalue weighted by Crippen LogP contribution is -2.49. The molecule has 154 valence electrons. The first kappa shape index (κ1) is 21.1. The van der Waals surface area contributed by atoms with Gasteiger partial charge in [0.25, 0.3) is 0 Å². The average molecular weight is 418 g/mol. The lowest BCUT2D eigenvalue weighted by atomic mass is 10.1. The summed E-state index contributed by atoms with van der Waals surface area (Å²) in [5, 5.41) is 12.4. The smallest absolute Gasteiger partial charge is 0.241 e. The second kappa shape index (κ2) is 9.70. The summed E-state index contributed by atoms with van der Waals surface area (Å²) >= 11 is 0. The van der Waals surface area contributed by atoms with Gasteiger partial charge in [0.15, 0.2) is 0 Å². The number of aliphatic hydroxyl groups is 1. The van der Waals surface area contributed by atoms with Gasteiger partial charge in [0, 0.05) is 6.20 Å². The first-order valence-corrected chi connectivity index (χ1v) is 10.5. The van der Waals surface area contributed by atoms with Crippen molar-refractivity contribution in [1.29, 1.82) is 0 Å². The molecule has 3 atom stereocenters. The maximum absolute atomic E-state index is 12.5. The highest BCUT2D eigenvalue weighted by molar-refractivity contribution is 7.89. The van der Waals surface area contributed by atoms with E-state index in [1.54, 1.807) is 42.6 Å². The average Bonchev–Trinajstić information content (AvgIpc) is 2.74. The normalized spacial score (nSPS) is 21.6. The molecule has 1 amide bonds. The molecule has 9 nitrogen and oxygen atoms in total. The Morgan fingerprint density at radius 1 is 1.17 bits per heavy atom. The molecule has 3 rings (SSSR count). The number of carbonyl (C=O) groups excluding carboxylic acids is 1. The first-order valence-electron chi connectivity index (χ1n) is 9.01. The first-order chi connectivity index (χ1) is 14.0. The van der Waals surface area contributed by atoms with Crippen LogP contribution in [0, 0.1) is 0 Å². The van der Waals surface area contributed by atoms with Crippen LogP contribution in [0.15, 0.2) is 66.0 Å². The van der Waals surface area contributed by atoms with Crippen LogP contribution in [0.3, 0.4) is 0 Å². The molecule has 3 N–H and O–H groups in total. The number of ether oxygens (including phenoxy) is 1. The van der Waals surface area contributed by atoms with Gasteiger partial charge in [-0.15, -0.1) is 0 Å². The molecular formula is C19H22N4O5S. The van der Waals surface area contributed by atoms with E-state index in [1.807, 2.05) is 0 Å². The fourth-order valence-electron chi connectivity index (χ4n) is 2.82. The van der Waals surface area contributed by atoms with Gasteiger partial charge in [-0.1, -0.05) is 30.4 Å². The second-order valence-corrected chi connectivity index (χ2v) is 8.14. The maximum atomic E-state index is 12.5. The third-order valence-corrected chi connectivity index (χ3v) is 5.78. The molecule has 1 aromatic heterocycles. The number of rotatable bonds is 8. The van der Waals surface area contributed by atoms with Gasteiger partial charge in [-0.2, -0.15) is 0 Å². The second-order valence-electron chi connectivity index (χ2n) is 6.42. The molecule has 2 heterocycles. The number of nitrogens with zero attached hydrogens (tertiary/aromatic N) is 2. The molecule has 0 unspecified atom stereocenters. The van der Waals surface area contributed by atoms with Crippen LogP contribution in [0.1, 0.15) is 12.1 Å². The van der Waals surface area contributed by atoms with Gasteiger partial charge < -0.3 is 15.2 Å². The summed E-state index contributed by atoms with van der Waals surface area (Å²) in [5.74, 6) is -0.252. The zero-order valence-corrected chi connectivity index (χ0v) is 16.3. The van der Waals surface area contributed by atoms with Crippen LogP contribution >= 0.6 is 0 Å². The number of hydrogen-bond acceptors (Lipinski definition) is 7. The van der Waals surface area contributed by atoms with Gasteiger partial charge in [0.2, 0.25) is 15.9 Å². The number of nitrogens with one attached hydrogen (secondary N) is 2. The highest BCUT2D eigenvalue weighted by Gasteiger charge is 2.31. The summed E-state index contributed by atoms with van der Waals surface area (Å²) in [4.78, 5) is 20.1. The fraction of sp³-hybridized carbons (Fsp3) is 0.316. The zero-order valence-electron chi connectivity index (χ0n) is 15.5. The van der Waals surface area contributed by atoms with Crippen LogP contribution in [-0.4, -0.2) is 54.3 Å². The summed E-state index contributed by atoms with van der Waals surface area (Å²) in [6.07, 6.45) is 4.87. The largest absolute Gasteiger partial charge is 0.394 e. The van der Waals surface area contributed by atoms with E-state index in [9.17, 15) is 18.3 Å². The summed E-state index contributed by atoms with van der Waals surface area (Å²) in [7, 11) is -3.77. The monoisotopic (exact) mass is 418 g/mol. The van der Waals surface area contributed by atoms with Crippen LogP contribution in [0.25, 0.3) is 0 Å². The third-order valence-electron chi connectivity index (χ3n) is 4.30. The molecule has 0 radical (unpaired) electrons. The number of benzene rings is 1. The lowest BCUT2D eigenvalue weighted by Gasteiger charge is -2.31. The number of carbonyl (C=O) groups is 1.